The van der Waals surface area contributed by atoms with Gasteiger partial charge in [0, 0.05) is 18.9 Å². The van der Waals surface area contributed by atoms with Crippen LogP contribution in [0.2, 0.25) is 0 Å². The van der Waals surface area contributed by atoms with Gasteiger partial charge in [-0.2, -0.15) is 0 Å². The maximum atomic E-state index is 13.2. The van der Waals surface area contributed by atoms with E-state index in [0.29, 0.717) is 24.8 Å². The Morgan fingerprint density at radius 3 is 2.59 bits per heavy atom. The normalized spacial score (nSPS) is 21.4. The summed E-state index contributed by atoms with van der Waals surface area (Å²) in [6.07, 6.45) is 0.557. The van der Waals surface area contributed by atoms with Crippen LogP contribution in [0.15, 0.2) is 15.3 Å². The molecule has 7 heteroatoms. The lowest BCUT2D eigenvalue weighted by Gasteiger charge is -2.29. The average molecular weight is 311 g/mol. The van der Waals surface area contributed by atoms with Gasteiger partial charge in [-0.05, 0) is 30.7 Å². The molecular formula is C15H15F2NO4. The summed E-state index contributed by atoms with van der Waals surface area (Å²) in [6, 6.07) is 1.22. The van der Waals surface area contributed by atoms with Crippen molar-refractivity contribution in [2.45, 2.75) is 44.4 Å². The molecule has 0 atom stereocenters. The lowest BCUT2D eigenvalue weighted by Crippen LogP contribution is -2.39. The number of carbonyl (C=O) groups is 2. The molecule has 5 nitrogen and oxygen atoms in total. The average Bonchev–Trinajstić information content (AvgIpc) is 2.39. The van der Waals surface area contributed by atoms with Crippen LogP contribution in [0.5, 0.6) is 0 Å². The lowest BCUT2D eigenvalue weighted by molar-refractivity contribution is -0.120. The summed E-state index contributed by atoms with van der Waals surface area (Å²) in [7, 11) is 0. The van der Waals surface area contributed by atoms with Crippen LogP contribution < -0.4 is 10.9 Å². The molecule has 22 heavy (non-hydrogen) atoms. The monoisotopic (exact) mass is 311 g/mol. The predicted octanol–water partition coefficient (Wildman–Crippen LogP) is 1.82. The lowest BCUT2D eigenvalue weighted by atomic mass is 9.82. The number of halogens is 2. The molecule has 0 spiro atoms. The van der Waals surface area contributed by atoms with Gasteiger partial charge in [-0.15, -0.1) is 0 Å². The van der Waals surface area contributed by atoms with E-state index in [-0.39, 0.29) is 36.5 Å². The quantitative estimate of drug-likeness (QED) is 0.845. The number of imide groups is 1. The Hall–Kier alpha value is -2.05. The van der Waals surface area contributed by atoms with Crippen molar-refractivity contribution in [2.24, 2.45) is 5.92 Å². The van der Waals surface area contributed by atoms with Gasteiger partial charge in [0.1, 0.15) is 5.76 Å². The number of carbonyl (C=O) groups excluding carboxylic acids is 2. The summed E-state index contributed by atoms with van der Waals surface area (Å²) in [5.41, 5.74) is 0.0559. The summed E-state index contributed by atoms with van der Waals surface area (Å²) < 4.78 is 31.3. The first-order chi connectivity index (χ1) is 10.3. The van der Waals surface area contributed by atoms with Crippen molar-refractivity contribution in [1.29, 1.82) is 0 Å². The van der Waals surface area contributed by atoms with E-state index in [1.54, 1.807) is 0 Å². The van der Waals surface area contributed by atoms with Crippen molar-refractivity contribution in [1.82, 2.24) is 5.32 Å². The molecule has 118 valence electrons. The predicted molar refractivity (Wildman–Crippen MR) is 71.8 cm³/mol. The van der Waals surface area contributed by atoms with Gasteiger partial charge in [0.2, 0.25) is 11.8 Å². The van der Waals surface area contributed by atoms with Gasteiger partial charge in [0.05, 0.1) is 12.0 Å². The Morgan fingerprint density at radius 2 is 1.91 bits per heavy atom. The number of hydrogen-bond donors (Lipinski definition) is 1. The van der Waals surface area contributed by atoms with Crippen molar-refractivity contribution < 1.29 is 22.8 Å². The molecule has 1 aromatic heterocycles. The highest BCUT2D eigenvalue weighted by Gasteiger charge is 2.36. The SMILES string of the molecule is O=C1Cc2oc(=O)cc(CC3CCC(F)(F)CC3)c2C(=O)N1. The Morgan fingerprint density at radius 1 is 1.23 bits per heavy atom. The smallest absolute Gasteiger partial charge is 0.336 e. The molecule has 1 aliphatic heterocycles. The van der Waals surface area contributed by atoms with E-state index in [9.17, 15) is 23.2 Å². The first-order valence-corrected chi connectivity index (χ1v) is 7.22. The molecule has 1 saturated carbocycles. The molecule has 0 saturated heterocycles. The highest BCUT2D eigenvalue weighted by atomic mass is 19.3. The summed E-state index contributed by atoms with van der Waals surface area (Å²) in [5, 5.41) is 2.19. The van der Waals surface area contributed by atoms with E-state index in [1.807, 2.05) is 0 Å². The fraction of sp³-hybridized carbons (Fsp3) is 0.533. The molecular weight excluding hydrogens is 296 g/mol. The van der Waals surface area contributed by atoms with Crippen LogP contribution in [-0.4, -0.2) is 17.7 Å². The van der Waals surface area contributed by atoms with Crippen LogP contribution in [0.1, 0.15) is 47.4 Å². The second-order valence-corrected chi connectivity index (χ2v) is 5.95. The number of amides is 2. The maximum Gasteiger partial charge on any atom is 0.336 e. The number of hydrogen-bond acceptors (Lipinski definition) is 4. The molecule has 1 N–H and O–H groups in total. The summed E-state index contributed by atoms with van der Waals surface area (Å²) in [6.45, 7) is 0. The van der Waals surface area contributed by atoms with Crippen molar-refractivity contribution in [3.63, 3.8) is 0 Å². The van der Waals surface area contributed by atoms with E-state index in [0.717, 1.165) is 0 Å². The van der Waals surface area contributed by atoms with E-state index in [2.05, 4.69) is 5.32 Å². The first-order valence-electron chi connectivity index (χ1n) is 7.22. The van der Waals surface area contributed by atoms with Gasteiger partial charge in [-0.3, -0.25) is 14.9 Å². The minimum Gasteiger partial charge on any atom is -0.426 e. The third-order valence-corrected chi connectivity index (χ3v) is 4.26. The third-order valence-electron chi connectivity index (χ3n) is 4.26. The Labute approximate surface area is 124 Å². The maximum absolute atomic E-state index is 13.2. The number of alkyl halides is 2. The summed E-state index contributed by atoms with van der Waals surface area (Å²) >= 11 is 0. The van der Waals surface area contributed by atoms with E-state index in [1.165, 1.54) is 6.07 Å². The van der Waals surface area contributed by atoms with Crippen LogP contribution >= 0.6 is 0 Å². The number of rotatable bonds is 2. The van der Waals surface area contributed by atoms with Crippen molar-refractivity contribution >= 4 is 11.8 Å². The molecule has 1 aromatic rings. The molecule has 0 bridgehead atoms. The van der Waals surface area contributed by atoms with Crippen LogP contribution in [-0.2, 0) is 17.6 Å². The highest BCUT2D eigenvalue weighted by molar-refractivity contribution is 6.09. The molecule has 0 unspecified atom stereocenters. The molecule has 0 aromatic carbocycles. The highest BCUT2D eigenvalue weighted by Crippen LogP contribution is 2.37. The van der Waals surface area contributed by atoms with Gasteiger partial charge >= 0.3 is 5.63 Å². The van der Waals surface area contributed by atoms with Crippen molar-refractivity contribution in [2.75, 3.05) is 0 Å². The van der Waals surface area contributed by atoms with E-state index in [4.69, 9.17) is 4.42 Å². The van der Waals surface area contributed by atoms with Crippen LogP contribution in [0.25, 0.3) is 0 Å². The summed E-state index contributed by atoms with van der Waals surface area (Å²) in [4.78, 5) is 34.9. The fourth-order valence-electron chi connectivity index (χ4n) is 3.15. The topological polar surface area (TPSA) is 76.4 Å². The number of nitrogens with one attached hydrogen (secondary N) is 1. The minimum atomic E-state index is -2.62. The minimum absolute atomic E-state index is 0.00375. The first kappa shape index (κ1) is 14.9. The van der Waals surface area contributed by atoms with Gasteiger partial charge in [0.25, 0.3) is 5.91 Å². The largest absolute Gasteiger partial charge is 0.426 e. The van der Waals surface area contributed by atoms with Gasteiger partial charge < -0.3 is 4.42 Å². The second-order valence-electron chi connectivity index (χ2n) is 5.95. The van der Waals surface area contributed by atoms with Gasteiger partial charge in [0.15, 0.2) is 0 Å². The molecule has 1 fully saturated rings. The Bertz CT molecular complexity index is 685. The Balaban J connectivity index is 1.87. The van der Waals surface area contributed by atoms with E-state index < -0.39 is 23.4 Å². The molecule has 3 rings (SSSR count). The zero-order valence-corrected chi connectivity index (χ0v) is 11.8. The van der Waals surface area contributed by atoms with Crippen molar-refractivity contribution in [3.8, 4) is 0 Å². The molecule has 2 heterocycles. The zero-order chi connectivity index (χ0) is 15.9. The third kappa shape index (κ3) is 2.93. The van der Waals surface area contributed by atoms with E-state index >= 15 is 0 Å². The van der Waals surface area contributed by atoms with Crippen LogP contribution in [0, 0.1) is 5.92 Å². The number of fused-ring (bicyclic) bond motifs is 1. The fourth-order valence-corrected chi connectivity index (χ4v) is 3.15. The van der Waals surface area contributed by atoms with Crippen LogP contribution in [0.4, 0.5) is 8.78 Å². The Kier molecular flexibility index (Phi) is 3.58. The standard InChI is InChI=1S/C15H15F2NO4/c16-15(17)3-1-8(2-4-15)5-9-6-12(20)22-10-7-11(19)18-14(21)13(9)10/h6,8H,1-5,7H2,(H,18,19,21). The molecule has 2 amide bonds. The molecule has 0 radical (unpaired) electrons. The van der Waals surface area contributed by atoms with Crippen molar-refractivity contribution in [3.05, 3.63) is 33.4 Å². The molecule has 2 aliphatic rings. The zero-order valence-electron chi connectivity index (χ0n) is 11.8. The second kappa shape index (κ2) is 5.30. The van der Waals surface area contributed by atoms with Gasteiger partial charge in [-0.25, -0.2) is 13.6 Å². The van der Waals surface area contributed by atoms with Gasteiger partial charge in [-0.1, -0.05) is 0 Å². The summed E-state index contributed by atoms with van der Waals surface area (Å²) in [5.74, 6) is -3.66. The van der Waals surface area contributed by atoms with Crippen LogP contribution in [0.3, 0.4) is 0 Å². The molecule has 1 aliphatic carbocycles.